The highest BCUT2D eigenvalue weighted by molar-refractivity contribution is 6.32. The summed E-state index contributed by atoms with van der Waals surface area (Å²) in [5.41, 5.74) is 1.56. The first-order valence-electron chi connectivity index (χ1n) is 6.23. The smallest absolute Gasteiger partial charge is 0.103 e. The average molecular weight is 264 g/mol. The number of halogens is 1. The van der Waals surface area contributed by atoms with E-state index >= 15 is 0 Å². The van der Waals surface area contributed by atoms with Crippen molar-refractivity contribution >= 4 is 17.3 Å². The SMILES string of the molecule is CN(C)C1CCCN(c2cccc(Cl)c2C#N)C1. The molecule has 1 saturated heterocycles. The molecule has 3 nitrogen and oxygen atoms in total. The minimum Gasteiger partial charge on any atom is -0.369 e. The van der Waals surface area contributed by atoms with Crippen LogP contribution in [0.1, 0.15) is 18.4 Å². The van der Waals surface area contributed by atoms with E-state index in [4.69, 9.17) is 11.6 Å². The first kappa shape index (κ1) is 13.2. The van der Waals surface area contributed by atoms with Crippen LogP contribution in [0.5, 0.6) is 0 Å². The summed E-state index contributed by atoms with van der Waals surface area (Å²) in [7, 11) is 4.22. The van der Waals surface area contributed by atoms with Crippen LogP contribution in [0.3, 0.4) is 0 Å². The van der Waals surface area contributed by atoms with E-state index in [1.165, 1.54) is 6.42 Å². The molecule has 2 rings (SSSR count). The maximum absolute atomic E-state index is 9.23. The Morgan fingerprint density at radius 3 is 2.89 bits per heavy atom. The summed E-state index contributed by atoms with van der Waals surface area (Å²) < 4.78 is 0. The molecule has 0 saturated carbocycles. The molecule has 1 heterocycles. The monoisotopic (exact) mass is 263 g/mol. The Kier molecular flexibility index (Phi) is 4.11. The van der Waals surface area contributed by atoms with Gasteiger partial charge in [0, 0.05) is 19.1 Å². The molecule has 18 heavy (non-hydrogen) atoms. The number of nitriles is 1. The molecule has 1 unspecified atom stereocenters. The Morgan fingerprint density at radius 1 is 1.44 bits per heavy atom. The fourth-order valence-corrected chi connectivity index (χ4v) is 2.69. The Labute approximate surface area is 114 Å². The van der Waals surface area contributed by atoms with Crippen molar-refractivity contribution in [3.8, 4) is 6.07 Å². The zero-order valence-electron chi connectivity index (χ0n) is 10.9. The van der Waals surface area contributed by atoms with E-state index in [1.54, 1.807) is 6.07 Å². The fraction of sp³-hybridized carbons (Fsp3) is 0.500. The van der Waals surface area contributed by atoms with Gasteiger partial charge in [-0.05, 0) is 39.1 Å². The average Bonchev–Trinajstić information content (AvgIpc) is 2.38. The molecule has 96 valence electrons. The standard InChI is InChI=1S/C14H18ClN3/c1-17(2)11-5-4-8-18(10-11)14-7-3-6-13(15)12(14)9-16/h3,6-7,11H,4-5,8,10H2,1-2H3. The molecular weight excluding hydrogens is 246 g/mol. The highest BCUT2D eigenvalue weighted by Crippen LogP contribution is 2.29. The number of nitrogens with zero attached hydrogens (tertiary/aromatic N) is 3. The van der Waals surface area contributed by atoms with Crippen molar-refractivity contribution in [2.45, 2.75) is 18.9 Å². The van der Waals surface area contributed by atoms with E-state index in [2.05, 4.69) is 30.0 Å². The number of rotatable bonds is 2. The number of hydrogen-bond acceptors (Lipinski definition) is 3. The molecule has 1 aromatic carbocycles. The predicted octanol–water partition coefficient (Wildman–Crippen LogP) is 2.74. The summed E-state index contributed by atoms with van der Waals surface area (Å²) in [6, 6.07) is 8.44. The molecule has 4 heteroatoms. The van der Waals surface area contributed by atoms with Gasteiger partial charge in [-0.15, -0.1) is 0 Å². The number of likely N-dealkylation sites (N-methyl/N-ethyl adjacent to an activating group) is 1. The van der Waals surface area contributed by atoms with Gasteiger partial charge in [-0.1, -0.05) is 17.7 Å². The molecule has 0 bridgehead atoms. The zero-order valence-corrected chi connectivity index (χ0v) is 11.6. The van der Waals surface area contributed by atoms with Gasteiger partial charge < -0.3 is 9.80 Å². The van der Waals surface area contributed by atoms with Gasteiger partial charge in [0.15, 0.2) is 0 Å². The van der Waals surface area contributed by atoms with Gasteiger partial charge >= 0.3 is 0 Å². The molecule has 1 aromatic rings. The maximum Gasteiger partial charge on any atom is 0.103 e. The first-order chi connectivity index (χ1) is 8.63. The quantitative estimate of drug-likeness (QED) is 0.822. The van der Waals surface area contributed by atoms with Crippen LogP contribution in [-0.4, -0.2) is 38.1 Å². The molecule has 0 amide bonds. The second-order valence-corrected chi connectivity index (χ2v) is 5.36. The Morgan fingerprint density at radius 2 is 2.22 bits per heavy atom. The molecule has 1 aliphatic rings. The van der Waals surface area contributed by atoms with Crippen LogP contribution in [0, 0.1) is 11.3 Å². The number of anilines is 1. The van der Waals surface area contributed by atoms with Crippen LogP contribution in [-0.2, 0) is 0 Å². The summed E-state index contributed by atoms with van der Waals surface area (Å²) in [5, 5.41) is 9.78. The van der Waals surface area contributed by atoms with Crippen LogP contribution in [0.15, 0.2) is 18.2 Å². The van der Waals surface area contributed by atoms with Gasteiger partial charge in [-0.2, -0.15) is 5.26 Å². The fourth-order valence-electron chi connectivity index (χ4n) is 2.48. The lowest BCUT2D eigenvalue weighted by atomic mass is 10.0. The van der Waals surface area contributed by atoms with Gasteiger partial charge in [0.2, 0.25) is 0 Å². The van der Waals surface area contributed by atoms with E-state index in [1.807, 2.05) is 12.1 Å². The van der Waals surface area contributed by atoms with Crippen LogP contribution >= 0.6 is 11.6 Å². The van der Waals surface area contributed by atoms with Crippen molar-refractivity contribution < 1.29 is 0 Å². The number of benzene rings is 1. The van der Waals surface area contributed by atoms with E-state index < -0.39 is 0 Å². The lowest BCUT2D eigenvalue weighted by molar-refractivity contribution is 0.258. The molecule has 1 aliphatic heterocycles. The second-order valence-electron chi connectivity index (χ2n) is 4.95. The lowest BCUT2D eigenvalue weighted by Gasteiger charge is -2.37. The Bertz CT molecular complexity index is 465. The third-order valence-electron chi connectivity index (χ3n) is 3.57. The largest absolute Gasteiger partial charge is 0.369 e. The normalized spacial score (nSPS) is 19.9. The molecule has 0 radical (unpaired) electrons. The third kappa shape index (κ3) is 2.60. The van der Waals surface area contributed by atoms with Crippen molar-refractivity contribution in [1.29, 1.82) is 5.26 Å². The van der Waals surface area contributed by atoms with Crippen molar-refractivity contribution in [2.24, 2.45) is 0 Å². The number of piperidine rings is 1. The molecule has 1 fully saturated rings. The van der Waals surface area contributed by atoms with Gasteiger partial charge in [0.25, 0.3) is 0 Å². The van der Waals surface area contributed by atoms with Crippen LogP contribution < -0.4 is 4.90 Å². The summed E-state index contributed by atoms with van der Waals surface area (Å²) in [6.45, 7) is 1.96. The highest BCUT2D eigenvalue weighted by atomic mass is 35.5. The molecule has 0 N–H and O–H groups in total. The van der Waals surface area contributed by atoms with Gasteiger partial charge in [0.05, 0.1) is 16.3 Å². The second kappa shape index (κ2) is 5.60. The molecular formula is C14H18ClN3. The molecule has 0 aliphatic carbocycles. The summed E-state index contributed by atoms with van der Waals surface area (Å²) in [4.78, 5) is 4.53. The summed E-state index contributed by atoms with van der Waals surface area (Å²) >= 11 is 6.09. The minimum absolute atomic E-state index is 0.543. The van der Waals surface area contributed by atoms with Crippen LogP contribution in [0.4, 0.5) is 5.69 Å². The highest BCUT2D eigenvalue weighted by Gasteiger charge is 2.23. The van der Waals surface area contributed by atoms with Crippen LogP contribution in [0.25, 0.3) is 0 Å². The zero-order chi connectivity index (χ0) is 13.1. The van der Waals surface area contributed by atoms with Gasteiger partial charge in [-0.25, -0.2) is 0 Å². The molecule has 0 aromatic heterocycles. The van der Waals surface area contributed by atoms with Crippen molar-refractivity contribution in [2.75, 3.05) is 32.1 Å². The van der Waals surface area contributed by atoms with Gasteiger partial charge in [-0.3, -0.25) is 0 Å². The van der Waals surface area contributed by atoms with Crippen LogP contribution in [0.2, 0.25) is 5.02 Å². The summed E-state index contributed by atoms with van der Waals surface area (Å²) in [6.07, 6.45) is 2.37. The van der Waals surface area contributed by atoms with E-state index in [9.17, 15) is 5.26 Å². The van der Waals surface area contributed by atoms with E-state index in [-0.39, 0.29) is 0 Å². The summed E-state index contributed by atoms with van der Waals surface area (Å²) in [5.74, 6) is 0. The van der Waals surface area contributed by atoms with Crippen molar-refractivity contribution in [3.05, 3.63) is 28.8 Å². The maximum atomic E-state index is 9.23. The molecule has 0 spiro atoms. The molecule has 1 atom stereocenters. The van der Waals surface area contributed by atoms with E-state index in [0.29, 0.717) is 16.6 Å². The van der Waals surface area contributed by atoms with Crippen molar-refractivity contribution in [1.82, 2.24) is 4.90 Å². The van der Waals surface area contributed by atoms with Gasteiger partial charge in [0.1, 0.15) is 6.07 Å². The Hall–Kier alpha value is -1.24. The lowest BCUT2D eigenvalue weighted by Crippen LogP contribution is -2.45. The van der Waals surface area contributed by atoms with Crippen molar-refractivity contribution in [3.63, 3.8) is 0 Å². The number of hydrogen-bond donors (Lipinski definition) is 0. The first-order valence-corrected chi connectivity index (χ1v) is 6.61. The third-order valence-corrected chi connectivity index (χ3v) is 3.89. The Balaban J connectivity index is 2.27. The minimum atomic E-state index is 0.543. The van der Waals surface area contributed by atoms with E-state index in [0.717, 1.165) is 25.2 Å². The topological polar surface area (TPSA) is 30.3 Å². The predicted molar refractivity (Wildman–Crippen MR) is 75.1 cm³/mol.